The highest BCUT2D eigenvalue weighted by Gasteiger charge is 2.37. The lowest BCUT2D eigenvalue weighted by molar-refractivity contribution is -0.139. The number of piperazine rings is 1. The van der Waals surface area contributed by atoms with Crippen LogP contribution in [0, 0.1) is 13.8 Å². The van der Waals surface area contributed by atoms with Crippen LogP contribution in [0.4, 0.5) is 0 Å². The number of rotatable bonds is 4. The fraction of sp³-hybridized carbons (Fsp3) is 0.440. The summed E-state index contributed by atoms with van der Waals surface area (Å²) in [6.45, 7) is 7.79. The van der Waals surface area contributed by atoms with Crippen molar-refractivity contribution in [3.05, 3.63) is 64.1 Å². The van der Waals surface area contributed by atoms with Gasteiger partial charge in [-0.05, 0) is 58.7 Å². The number of benzene rings is 1. The molecule has 1 amide bonds. The molecule has 2 saturated heterocycles. The summed E-state index contributed by atoms with van der Waals surface area (Å²) in [5, 5.41) is 11.1. The number of carbonyl (C=O) groups excluding carboxylic acids is 2. The first kappa shape index (κ1) is 28.0. The number of morpholine rings is 1. The molecule has 13 heteroatoms. The summed E-state index contributed by atoms with van der Waals surface area (Å²) in [5.41, 5.74) is 5.68. The zero-order valence-electron chi connectivity index (χ0n) is 21.3. The molecule has 202 valence electrons. The van der Waals surface area contributed by atoms with Crippen LogP contribution in [0.1, 0.15) is 44.3 Å². The smallest absolute Gasteiger partial charge is 0.338 e. The van der Waals surface area contributed by atoms with Crippen LogP contribution in [0.5, 0.6) is 0 Å². The van der Waals surface area contributed by atoms with Gasteiger partial charge in [0.25, 0.3) is 0 Å². The molecule has 1 aromatic carbocycles. The van der Waals surface area contributed by atoms with E-state index >= 15 is 0 Å². The summed E-state index contributed by atoms with van der Waals surface area (Å²) in [4.78, 5) is 33.8. The number of carbonyl (C=O) groups is 2. The van der Waals surface area contributed by atoms with Crippen LogP contribution in [0.2, 0.25) is 0 Å². The molecular formula is C25H31N7O4S2. The summed E-state index contributed by atoms with van der Waals surface area (Å²) in [7, 11) is 0. The Labute approximate surface area is 234 Å². The van der Waals surface area contributed by atoms with Gasteiger partial charge in [-0.15, -0.1) is 5.10 Å². The Balaban J connectivity index is 0.00000168. The number of fused-ring (bicyclic) bond motifs is 2. The largest absolute Gasteiger partial charge is 0.457 e. The van der Waals surface area contributed by atoms with Gasteiger partial charge < -0.3 is 14.4 Å². The maximum Gasteiger partial charge on any atom is 0.338 e. The SMILES string of the molecule is Cc1cc(-n2cnnn2)ncc1CC(=O)N1CCN2C[C@H](c3ccc4c(c3C)COC4=O)OC[C@@H]2C1.S.S. The number of hydrogen-bond acceptors (Lipinski definition) is 9. The molecule has 2 atom stereocenters. The van der Waals surface area contributed by atoms with Gasteiger partial charge in [-0.2, -0.15) is 31.7 Å². The number of aryl methyl sites for hydroxylation is 1. The second kappa shape index (κ2) is 11.4. The molecule has 0 unspecified atom stereocenters. The average Bonchev–Trinajstić information content (AvgIpc) is 3.56. The van der Waals surface area contributed by atoms with Gasteiger partial charge in [0, 0.05) is 37.9 Å². The fourth-order valence-corrected chi connectivity index (χ4v) is 5.34. The highest BCUT2D eigenvalue weighted by atomic mass is 32.1. The monoisotopic (exact) mass is 557 g/mol. The highest BCUT2D eigenvalue weighted by molar-refractivity contribution is 7.59. The van der Waals surface area contributed by atoms with E-state index in [9.17, 15) is 9.59 Å². The number of pyridine rings is 1. The van der Waals surface area contributed by atoms with Crippen molar-refractivity contribution in [2.45, 2.75) is 39.0 Å². The van der Waals surface area contributed by atoms with Crippen molar-refractivity contribution in [1.82, 2.24) is 35.0 Å². The van der Waals surface area contributed by atoms with Gasteiger partial charge in [-0.3, -0.25) is 9.69 Å². The molecule has 6 rings (SSSR count). The number of nitrogens with zero attached hydrogens (tertiary/aromatic N) is 7. The number of cyclic esters (lactones) is 1. The van der Waals surface area contributed by atoms with Crippen molar-refractivity contribution < 1.29 is 19.1 Å². The maximum absolute atomic E-state index is 13.1. The van der Waals surface area contributed by atoms with Crippen LogP contribution >= 0.6 is 27.0 Å². The number of tetrazole rings is 1. The minimum atomic E-state index is -0.250. The van der Waals surface area contributed by atoms with E-state index in [0.29, 0.717) is 44.1 Å². The molecule has 0 aliphatic carbocycles. The van der Waals surface area contributed by atoms with Gasteiger partial charge >= 0.3 is 5.97 Å². The van der Waals surface area contributed by atoms with Crippen molar-refractivity contribution in [3.8, 4) is 5.82 Å². The predicted molar refractivity (Wildman–Crippen MR) is 147 cm³/mol. The third-order valence-electron chi connectivity index (χ3n) is 7.53. The number of esters is 1. The van der Waals surface area contributed by atoms with Crippen LogP contribution in [0.25, 0.3) is 5.82 Å². The molecule has 0 N–H and O–H groups in total. The molecule has 0 spiro atoms. The lowest BCUT2D eigenvalue weighted by Gasteiger charge is -2.46. The molecule has 0 radical (unpaired) electrons. The van der Waals surface area contributed by atoms with Crippen LogP contribution in [-0.2, 0) is 27.3 Å². The van der Waals surface area contributed by atoms with Crippen LogP contribution in [0.3, 0.4) is 0 Å². The third kappa shape index (κ3) is 5.15. The molecule has 5 heterocycles. The summed E-state index contributed by atoms with van der Waals surface area (Å²) < 4.78 is 13.0. The van der Waals surface area contributed by atoms with Crippen LogP contribution in [-0.4, -0.2) is 85.7 Å². The quantitative estimate of drug-likeness (QED) is 0.439. The summed E-state index contributed by atoms with van der Waals surface area (Å²) in [6.07, 6.45) is 3.47. The minimum Gasteiger partial charge on any atom is -0.457 e. The van der Waals surface area contributed by atoms with E-state index in [0.717, 1.165) is 40.9 Å². The van der Waals surface area contributed by atoms with E-state index in [1.54, 1.807) is 6.20 Å². The standard InChI is InChI=1S/C25H27N7O4.2H2S/c1-15-7-23(32-14-27-28-29-32)26-9-17(15)8-24(33)31-6-5-30-11-22(35-12-18(30)10-31)19-3-4-20-21(16(19)2)13-36-25(20)34;;/h3-4,7,9,14,18,22H,5-6,8,10-13H2,1-2H3;2*1H2/t18-,22+;;/m0../s1. The normalized spacial score (nSPS) is 20.6. The Morgan fingerprint density at radius 3 is 2.76 bits per heavy atom. The first-order valence-corrected chi connectivity index (χ1v) is 12.1. The Bertz CT molecular complexity index is 1340. The van der Waals surface area contributed by atoms with Gasteiger partial charge in [0.2, 0.25) is 5.91 Å². The van der Waals surface area contributed by atoms with Gasteiger partial charge in [-0.25, -0.2) is 9.78 Å². The Morgan fingerprint density at radius 2 is 2.00 bits per heavy atom. The van der Waals surface area contributed by atoms with E-state index in [1.807, 2.05) is 36.9 Å². The summed E-state index contributed by atoms with van der Waals surface area (Å²) in [6, 6.07) is 5.90. The van der Waals surface area contributed by atoms with Crippen molar-refractivity contribution in [1.29, 1.82) is 0 Å². The second-order valence-corrected chi connectivity index (χ2v) is 9.59. The molecule has 0 bridgehead atoms. The number of hydrogen-bond donors (Lipinski definition) is 0. The zero-order valence-corrected chi connectivity index (χ0v) is 23.3. The number of amides is 1. The first-order chi connectivity index (χ1) is 17.5. The Hall–Kier alpha value is -3.00. The van der Waals surface area contributed by atoms with Crippen LogP contribution in [0.15, 0.2) is 30.7 Å². The zero-order chi connectivity index (χ0) is 24.8. The van der Waals surface area contributed by atoms with Crippen molar-refractivity contribution >= 4 is 38.9 Å². The molecule has 2 fully saturated rings. The lowest BCUT2D eigenvalue weighted by atomic mass is 9.94. The predicted octanol–water partition coefficient (Wildman–Crippen LogP) is 1.40. The molecule has 3 aliphatic rings. The topological polar surface area (TPSA) is 116 Å². The summed E-state index contributed by atoms with van der Waals surface area (Å²) >= 11 is 0. The van der Waals surface area contributed by atoms with E-state index in [2.05, 4.69) is 25.4 Å². The van der Waals surface area contributed by atoms with Gasteiger partial charge in [0.1, 0.15) is 12.9 Å². The Morgan fingerprint density at radius 1 is 1.16 bits per heavy atom. The van der Waals surface area contributed by atoms with Crippen molar-refractivity contribution in [2.24, 2.45) is 0 Å². The number of ether oxygens (including phenoxy) is 2. The Kier molecular flexibility index (Phi) is 8.40. The molecule has 0 saturated carbocycles. The van der Waals surface area contributed by atoms with Gasteiger partial charge in [-0.1, -0.05) is 6.07 Å². The number of aromatic nitrogens is 5. The first-order valence-electron chi connectivity index (χ1n) is 12.1. The lowest BCUT2D eigenvalue weighted by Crippen LogP contribution is -2.59. The average molecular weight is 558 g/mol. The molecular weight excluding hydrogens is 526 g/mol. The molecule has 3 aromatic rings. The van der Waals surface area contributed by atoms with Crippen LogP contribution < -0.4 is 0 Å². The molecule has 11 nitrogen and oxygen atoms in total. The second-order valence-electron chi connectivity index (χ2n) is 9.59. The van der Waals surface area contributed by atoms with E-state index < -0.39 is 0 Å². The van der Waals surface area contributed by atoms with E-state index in [4.69, 9.17) is 9.47 Å². The molecule has 2 aromatic heterocycles. The van der Waals surface area contributed by atoms with Gasteiger partial charge in [0.05, 0.1) is 30.7 Å². The van der Waals surface area contributed by atoms with Crippen molar-refractivity contribution in [3.63, 3.8) is 0 Å². The third-order valence-corrected chi connectivity index (χ3v) is 7.53. The van der Waals surface area contributed by atoms with E-state index in [1.165, 1.54) is 11.0 Å². The highest BCUT2D eigenvalue weighted by Crippen LogP contribution is 2.33. The maximum atomic E-state index is 13.1. The van der Waals surface area contributed by atoms with Gasteiger partial charge in [0.15, 0.2) is 5.82 Å². The minimum absolute atomic E-state index is 0. The summed E-state index contributed by atoms with van der Waals surface area (Å²) in [5.74, 6) is 0.462. The fourth-order valence-electron chi connectivity index (χ4n) is 5.34. The molecule has 3 aliphatic heterocycles. The van der Waals surface area contributed by atoms with Crippen molar-refractivity contribution in [2.75, 3.05) is 32.8 Å². The molecule has 38 heavy (non-hydrogen) atoms. The van der Waals surface area contributed by atoms with E-state index in [-0.39, 0.29) is 51.0 Å².